The minimum Gasteiger partial charge on any atom is -0.340 e. The van der Waals surface area contributed by atoms with Crippen molar-refractivity contribution in [1.82, 2.24) is 15.5 Å². The van der Waals surface area contributed by atoms with Crippen molar-refractivity contribution in [2.75, 3.05) is 19.6 Å². The Morgan fingerprint density at radius 3 is 1.98 bits per heavy atom. The zero-order valence-electron chi connectivity index (χ0n) is 28.8. The van der Waals surface area contributed by atoms with Gasteiger partial charge in [0, 0.05) is 24.7 Å². The molecule has 0 radical (unpaired) electrons. The summed E-state index contributed by atoms with van der Waals surface area (Å²) in [5.41, 5.74) is 1.50. The van der Waals surface area contributed by atoms with E-state index in [1.807, 2.05) is 91.5 Å². The number of urea groups is 1. The first kappa shape index (κ1) is 37.6. The van der Waals surface area contributed by atoms with Crippen molar-refractivity contribution in [3.8, 4) is 0 Å². The fourth-order valence-corrected chi connectivity index (χ4v) is 7.52. The van der Waals surface area contributed by atoms with Gasteiger partial charge in [-0.15, -0.1) is 0 Å². The first-order valence-electron chi connectivity index (χ1n) is 16.4. The molecular formula is C37H49ClN3O6P. The molecule has 0 spiro atoms. The highest BCUT2D eigenvalue weighted by molar-refractivity contribution is 7.48. The molecule has 0 aliphatic carbocycles. The van der Waals surface area contributed by atoms with Crippen LogP contribution in [0.4, 0.5) is 4.79 Å². The zero-order valence-corrected chi connectivity index (χ0v) is 30.4. The second-order valence-electron chi connectivity index (χ2n) is 14.0. The first-order valence-corrected chi connectivity index (χ1v) is 18.3. The van der Waals surface area contributed by atoms with Gasteiger partial charge in [-0.25, -0.2) is 9.36 Å². The van der Waals surface area contributed by atoms with Crippen LogP contribution >= 0.6 is 19.4 Å². The first-order chi connectivity index (χ1) is 22.7. The molecule has 1 heterocycles. The van der Waals surface area contributed by atoms with Crippen LogP contribution in [0.2, 0.25) is 5.02 Å². The van der Waals surface area contributed by atoms with Crippen LogP contribution < -0.4 is 10.6 Å². The number of hydrogen-bond acceptors (Lipinski definition) is 6. The van der Waals surface area contributed by atoms with Gasteiger partial charge in [0.25, 0.3) is 0 Å². The van der Waals surface area contributed by atoms with Crippen LogP contribution in [-0.2, 0) is 36.1 Å². The summed E-state index contributed by atoms with van der Waals surface area (Å²) in [5.74, 6) is 0.00754. The van der Waals surface area contributed by atoms with E-state index in [9.17, 15) is 14.2 Å². The third-order valence-electron chi connectivity index (χ3n) is 8.53. The Hall–Kier alpha value is -3.20. The molecule has 2 atom stereocenters. The summed E-state index contributed by atoms with van der Waals surface area (Å²) in [5, 5.41) is 6.37. The Morgan fingerprint density at radius 1 is 0.938 bits per heavy atom. The molecule has 11 heteroatoms. The monoisotopic (exact) mass is 697 g/mol. The van der Waals surface area contributed by atoms with Gasteiger partial charge < -0.3 is 15.5 Å². The highest BCUT2D eigenvalue weighted by Gasteiger charge is 2.41. The van der Waals surface area contributed by atoms with Crippen molar-refractivity contribution in [1.29, 1.82) is 0 Å². The van der Waals surface area contributed by atoms with Gasteiger partial charge in [0.05, 0.1) is 18.8 Å². The fourth-order valence-electron chi connectivity index (χ4n) is 5.93. The fraction of sp³-hybridized carbons (Fsp3) is 0.459. The van der Waals surface area contributed by atoms with E-state index < -0.39 is 25.5 Å². The van der Waals surface area contributed by atoms with Crippen LogP contribution in [0.15, 0.2) is 84.9 Å². The summed E-state index contributed by atoms with van der Waals surface area (Å²) < 4.78 is 31.4. The molecule has 1 saturated heterocycles. The maximum atomic E-state index is 13.9. The molecule has 3 aromatic rings. The lowest BCUT2D eigenvalue weighted by atomic mass is 9.70. The maximum Gasteiger partial charge on any atom is 0.476 e. The Morgan fingerprint density at radius 2 is 1.48 bits per heavy atom. The SMILES string of the molecule is CC(C)C(NC(=O)NCC(C)(C)OP(=O)(OCc1ccccc1)OCc1ccccc1)C(=O)N1CCC(c2ccc(Cl)cc2)C(C)(C)C1. The molecule has 0 bridgehead atoms. The lowest BCUT2D eigenvalue weighted by molar-refractivity contribution is -0.137. The zero-order chi connectivity index (χ0) is 35.0. The standard InChI is InChI=1S/C37H49ClN3O6P/c1-27(2)33(34(42)41-22-21-32(36(3,4)26-41)30-17-19-31(38)20-18-30)40-35(43)39-25-37(5,6)47-48(44,45-23-28-13-9-7-10-14-28)46-24-29-15-11-8-12-16-29/h7-20,27,32-33H,21-26H2,1-6H3,(H2,39,40,43). The van der Waals surface area contributed by atoms with Gasteiger partial charge in [-0.1, -0.05) is 112 Å². The molecule has 3 amide bonds. The smallest absolute Gasteiger partial charge is 0.340 e. The quantitative estimate of drug-likeness (QED) is 0.164. The number of nitrogens with zero attached hydrogens (tertiary/aromatic N) is 1. The predicted molar refractivity (Wildman–Crippen MR) is 190 cm³/mol. The Labute approximate surface area is 290 Å². The molecule has 0 aromatic heterocycles. The van der Waals surface area contributed by atoms with Crippen molar-refractivity contribution in [2.45, 2.75) is 78.7 Å². The molecule has 2 N–H and O–H groups in total. The number of hydrogen-bond donors (Lipinski definition) is 2. The number of nitrogens with one attached hydrogen (secondary N) is 2. The van der Waals surface area contributed by atoms with Crippen molar-refractivity contribution < 1.29 is 27.7 Å². The molecule has 1 aliphatic heterocycles. The Kier molecular flexibility index (Phi) is 12.9. The van der Waals surface area contributed by atoms with Crippen LogP contribution in [-0.4, -0.2) is 48.1 Å². The molecule has 1 fully saturated rings. The summed E-state index contributed by atoms with van der Waals surface area (Å²) >= 11 is 6.11. The van der Waals surface area contributed by atoms with Gasteiger partial charge in [0.15, 0.2) is 0 Å². The van der Waals surface area contributed by atoms with Crippen molar-refractivity contribution in [3.63, 3.8) is 0 Å². The number of benzene rings is 3. The van der Waals surface area contributed by atoms with Crippen molar-refractivity contribution in [3.05, 3.63) is 107 Å². The molecule has 1 aliphatic rings. The van der Waals surface area contributed by atoms with Gasteiger partial charge in [0.1, 0.15) is 6.04 Å². The molecule has 3 aromatic carbocycles. The number of likely N-dealkylation sites (tertiary alicyclic amines) is 1. The molecule has 4 rings (SSSR count). The highest BCUT2D eigenvalue weighted by atomic mass is 35.5. The predicted octanol–water partition coefficient (Wildman–Crippen LogP) is 8.34. The molecular weight excluding hydrogens is 649 g/mol. The average molecular weight is 698 g/mol. The van der Waals surface area contributed by atoms with Crippen LogP contribution in [0, 0.1) is 11.3 Å². The lowest BCUT2D eigenvalue weighted by Crippen LogP contribution is -2.57. The van der Waals surface area contributed by atoms with Gasteiger partial charge in [0.2, 0.25) is 5.91 Å². The van der Waals surface area contributed by atoms with Crippen molar-refractivity contribution in [2.24, 2.45) is 11.3 Å². The second kappa shape index (κ2) is 16.5. The van der Waals surface area contributed by atoms with Crippen LogP contribution in [0.3, 0.4) is 0 Å². The molecule has 2 unspecified atom stereocenters. The third kappa shape index (κ3) is 10.9. The number of rotatable bonds is 14. The Balaban J connectivity index is 1.35. The van der Waals surface area contributed by atoms with Gasteiger partial charge >= 0.3 is 13.9 Å². The number of piperidine rings is 1. The van der Waals surface area contributed by atoms with Crippen molar-refractivity contribution >= 4 is 31.4 Å². The van der Waals surface area contributed by atoms with E-state index in [-0.39, 0.29) is 42.9 Å². The number of phosphoric acid groups is 1. The van der Waals surface area contributed by atoms with Crippen LogP contribution in [0.1, 0.15) is 70.6 Å². The molecule has 48 heavy (non-hydrogen) atoms. The van der Waals surface area contributed by atoms with E-state index in [0.29, 0.717) is 18.1 Å². The summed E-state index contributed by atoms with van der Waals surface area (Å²) in [6, 6.07) is 25.3. The normalized spacial score (nSPS) is 17.2. The largest absolute Gasteiger partial charge is 0.476 e. The molecule has 260 valence electrons. The summed E-state index contributed by atoms with van der Waals surface area (Å²) in [6.45, 7) is 12.7. The second-order valence-corrected chi connectivity index (χ2v) is 16.0. The molecule has 9 nitrogen and oxygen atoms in total. The lowest BCUT2D eigenvalue weighted by Gasteiger charge is -2.45. The minimum atomic E-state index is -4.09. The van der Waals surface area contributed by atoms with E-state index >= 15 is 0 Å². The molecule has 0 saturated carbocycles. The summed E-state index contributed by atoms with van der Waals surface area (Å²) in [4.78, 5) is 28.8. The Bertz CT molecular complexity index is 1490. The number of amides is 3. The topological polar surface area (TPSA) is 106 Å². The number of carbonyl (C=O) groups is 2. The van der Waals surface area contributed by atoms with E-state index in [0.717, 1.165) is 17.5 Å². The third-order valence-corrected chi connectivity index (χ3v) is 10.4. The summed E-state index contributed by atoms with van der Waals surface area (Å²) in [6.07, 6.45) is 0.807. The van der Waals surface area contributed by atoms with E-state index in [1.165, 1.54) is 5.56 Å². The maximum absolute atomic E-state index is 13.9. The van der Waals surface area contributed by atoms with Gasteiger partial charge in [-0.05, 0) is 66.3 Å². The van der Waals surface area contributed by atoms with E-state index in [2.05, 4.69) is 36.6 Å². The van der Waals surface area contributed by atoms with E-state index in [1.54, 1.807) is 13.8 Å². The summed E-state index contributed by atoms with van der Waals surface area (Å²) in [7, 11) is -4.09. The number of halogens is 1. The average Bonchev–Trinajstić information content (AvgIpc) is 3.05. The van der Waals surface area contributed by atoms with Crippen LogP contribution in [0.5, 0.6) is 0 Å². The highest BCUT2D eigenvalue weighted by Crippen LogP contribution is 2.54. The minimum absolute atomic E-state index is 0.0167. The van der Waals surface area contributed by atoms with Gasteiger partial charge in [-0.2, -0.15) is 0 Å². The number of carbonyl (C=O) groups excluding carboxylic acids is 2. The number of phosphoric ester groups is 1. The van der Waals surface area contributed by atoms with E-state index in [4.69, 9.17) is 25.2 Å². The van der Waals surface area contributed by atoms with Crippen LogP contribution in [0.25, 0.3) is 0 Å². The van der Waals surface area contributed by atoms with Gasteiger partial charge in [-0.3, -0.25) is 18.4 Å².